The van der Waals surface area contributed by atoms with E-state index in [1.54, 1.807) is 6.20 Å². The number of carboxylic acids is 1. The molecule has 0 spiro atoms. The Morgan fingerprint density at radius 1 is 1.35 bits per heavy atom. The molecule has 0 saturated heterocycles. The van der Waals surface area contributed by atoms with Crippen LogP contribution in [0.3, 0.4) is 0 Å². The summed E-state index contributed by atoms with van der Waals surface area (Å²) in [6.07, 6.45) is 4.29. The van der Waals surface area contributed by atoms with Crippen molar-refractivity contribution in [1.29, 1.82) is 0 Å². The van der Waals surface area contributed by atoms with Gasteiger partial charge in [0, 0.05) is 18.6 Å². The molecule has 6 nitrogen and oxygen atoms in total. The van der Waals surface area contributed by atoms with Gasteiger partial charge in [-0.15, -0.1) is 0 Å². The van der Waals surface area contributed by atoms with E-state index in [9.17, 15) is 4.79 Å². The van der Waals surface area contributed by atoms with Crippen LogP contribution < -0.4 is 0 Å². The smallest absolute Gasteiger partial charge is 0.338 e. The Hall–Kier alpha value is -2.24. The first kappa shape index (κ1) is 11.3. The highest BCUT2D eigenvalue weighted by molar-refractivity contribution is 5.86. The molecular formula is C11H12N4O2. The van der Waals surface area contributed by atoms with Gasteiger partial charge in [0.1, 0.15) is 0 Å². The predicted octanol–water partition coefficient (Wildman–Crippen LogP) is 1.48. The van der Waals surface area contributed by atoms with Crippen molar-refractivity contribution in [3.05, 3.63) is 35.9 Å². The van der Waals surface area contributed by atoms with Gasteiger partial charge in [-0.05, 0) is 12.0 Å². The lowest BCUT2D eigenvalue weighted by Gasteiger charge is -2.00. The largest absolute Gasteiger partial charge is 0.478 e. The average Bonchev–Trinajstić information content (AvgIpc) is 2.78. The number of hydrogen-bond donors (Lipinski definition) is 1. The second kappa shape index (κ2) is 4.32. The van der Waals surface area contributed by atoms with Gasteiger partial charge in [-0.25, -0.2) is 19.4 Å². The quantitative estimate of drug-likeness (QED) is 0.866. The zero-order chi connectivity index (χ0) is 12.4. The maximum Gasteiger partial charge on any atom is 0.338 e. The van der Waals surface area contributed by atoms with Crippen LogP contribution in [0, 0.1) is 0 Å². The summed E-state index contributed by atoms with van der Waals surface area (Å²) in [6, 6.07) is 1.89. The van der Waals surface area contributed by atoms with E-state index in [-0.39, 0.29) is 5.56 Å². The van der Waals surface area contributed by atoms with E-state index in [1.807, 2.05) is 19.9 Å². The van der Waals surface area contributed by atoms with Crippen molar-refractivity contribution >= 4 is 5.97 Å². The van der Waals surface area contributed by atoms with Crippen LogP contribution >= 0.6 is 0 Å². The van der Waals surface area contributed by atoms with E-state index in [0.717, 1.165) is 5.69 Å². The number of carboxylic acid groups (broad SMARTS) is 1. The Balaban J connectivity index is 2.30. The fourth-order valence-corrected chi connectivity index (χ4v) is 1.31. The highest BCUT2D eigenvalue weighted by Gasteiger charge is 2.08. The van der Waals surface area contributed by atoms with Crippen LogP contribution in [0.1, 0.15) is 35.8 Å². The van der Waals surface area contributed by atoms with E-state index in [4.69, 9.17) is 5.11 Å². The number of rotatable bonds is 3. The molecule has 0 unspecified atom stereocenters. The molecule has 0 atom stereocenters. The third-order valence-corrected chi connectivity index (χ3v) is 2.29. The minimum atomic E-state index is -1.04. The van der Waals surface area contributed by atoms with E-state index in [0.29, 0.717) is 11.9 Å². The van der Waals surface area contributed by atoms with Gasteiger partial charge in [0.25, 0.3) is 0 Å². The Labute approximate surface area is 98.0 Å². The molecule has 0 amide bonds. The fraction of sp³-hybridized carbons (Fsp3) is 0.273. The number of carbonyl (C=O) groups is 1. The molecule has 2 aromatic heterocycles. The molecule has 0 fully saturated rings. The second-order valence-electron chi connectivity index (χ2n) is 3.92. The molecule has 0 aliphatic carbocycles. The van der Waals surface area contributed by atoms with Crippen molar-refractivity contribution in [3.8, 4) is 5.95 Å². The van der Waals surface area contributed by atoms with Gasteiger partial charge >= 0.3 is 5.97 Å². The van der Waals surface area contributed by atoms with Crippen LogP contribution in [0.5, 0.6) is 0 Å². The number of aromatic carboxylic acids is 1. The summed E-state index contributed by atoms with van der Waals surface area (Å²) >= 11 is 0. The molecule has 6 heteroatoms. The topological polar surface area (TPSA) is 80.9 Å². The third kappa shape index (κ3) is 2.30. The first-order valence-corrected chi connectivity index (χ1v) is 5.19. The van der Waals surface area contributed by atoms with Crippen molar-refractivity contribution in [2.75, 3.05) is 0 Å². The van der Waals surface area contributed by atoms with Crippen molar-refractivity contribution in [1.82, 2.24) is 19.7 Å². The summed E-state index contributed by atoms with van der Waals surface area (Å²) in [5, 5.41) is 13.0. The summed E-state index contributed by atoms with van der Waals surface area (Å²) in [5.74, 6) is -0.351. The lowest BCUT2D eigenvalue weighted by molar-refractivity contribution is 0.0696. The minimum Gasteiger partial charge on any atom is -0.478 e. The normalized spacial score (nSPS) is 10.8. The summed E-state index contributed by atoms with van der Waals surface area (Å²) in [4.78, 5) is 18.5. The van der Waals surface area contributed by atoms with Crippen molar-refractivity contribution < 1.29 is 9.90 Å². The van der Waals surface area contributed by atoms with Crippen LogP contribution in [0.15, 0.2) is 24.7 Å². The Morgan fingerprint density at radius 3 is 2.47 bits per heavy atom. The minimum absolute atomic E-state index is 0.0602. The number of aromatic nitrogens is 4. The number of nitrogens with zero attached hydrogens (tertiary/aromatic N) is 4. The highest BCUT2D eigenvalue weighted by atomic mass is 16.4. The SMILES string of the molecule is CC(C)c1ccn(-c2ncc(C(=O)O)cn2)n1. The summed E-state index contributed by atoms with van der Waals surface area (Å²) in [7, 11) is 0. The molecule has 0 radical (unpaired) electrons. The predicted molar refractivity (Wildman–Crippen MR) is 60.2 cm³/mol. The maximum atomic E-state index is 10.6. The summed E-state index contributed by atoms with van der Waals surface area (Å²) < 4.78 is 1.53. The van der Waals surface area contributed by atoms with Crippen LogP contribution in [0.25, 0.3) is 5.95 Å². The number of hydrogen-bond acceptors (Lipinski definition) is 4. The zero-order valence-corrected chi connectivity index (χ0v) is 9.53. The Morgan fingerprint density at radius 2 is 2.00 bits per heavy atom. The van der Waals surface area contributed by atoms with Gasteiger partial charge in [0.2, 0.25) is 5.95 Å². The Bertz CT molecular complexity index is 531. The molecule has 0 bridgehead atoms. The molecule has 88 valence electrons. The van der Waals surface area contributed by atoms with Crippen molar-refractivity contribution in [2.45, 2.75) is 19.8 Å². The highest BCUT2D eigenvalue weighted by Crippen LogP contribution is 2.12. The monoisotopic (exact) mass is 232 g/mol. The molecular weight excluding hydrogens is 220 g/mol. The molecule has 17 heavy (non-hydrogen) atoms. The van der Waals surface area contributed by atoms with Gasteiger partial charge in [-0.1, -0.05) is 13.8 Å². The second-order valence-corrected chi connectivity index (χ2v) is 3.92. The van der Waals surface area contributed by atoms with E-state index in [1.165, 1.54) is 17.1 Å². The van der Waals surface area contributed by atoms with Crippen LogP contribution in [0.4, 0.5) is 0 Å². The lowest BCUT2D eigenvalue weighted by Crippen LogP contribution is -2.05. The molecule has 0 aliphatic rings. The summed E-state index contributed by atoms with van der Waals surface area (Å²) in [5.41, 5.74) is 1.00. The van der Waals surface area contributed by atoms with Gasteiger partial charge in [0.15, 0.2) is 0 Å². The van der Waals surface area contributed by atoms with Crippen LogP contribution in [-0.2, 0) is 0 Å². The molecule has 2 rings (SSSR count). The molecule has 0 saturated carbocycles. The molecule has 0 aliphatic heterocycles. The molecule has 1 N–H and O–H groups in total. The standard InChI is InChI=1S/C11H12N4O2/c1-7(2)9-3-4-15(14-9)11-12-5-8(6-13-11)10(16)17/h3-7H,1-2H3,(H,16,17). The van der Waals surface area contributed by atoms with E-state index >= 15 is 0 Å². The van der Waals surface area contributed by atoms with Gasteiger partial charge in [0.05, 0.1) is 11.3 Å². The van der Waals surface area contributed by atoms with E-state index < -0.39 is 5.97 Å². The average molecular weight is 232 g/mol. The molecule has 2 heterocycles. The fourth-order valence-electron chi connectivity index (χ4n) is 1.31. The van der Waals surface area contributed by atoms with Crippen molar-refractivity contribution in [3.63, 3.8) is 0 Å². The maximum absolute atomic E-state index is 10.6. The summed E-state index contributed by atoms with van der Waals surface area (Å²) in [6.45, 7) is 4.09. The van der Waals surface area contributed by atoms with Crippen LogP contribution in [0.2, 0.25) is 0 Å². The van der Waals surface area contributed by atoms with E-state index in [2.05, 4.69) is 15.1 Å². The Kier molecular flexibility index (Phi) is 2.86. The lowest BCUT2D eigenvalue weighted by atomic mass is 10.1. The van der Waals surface area contributed by atoms with Gasteiger partial charge in [-0.2, -0.15) is 5.10 Å². The van der Waals surface area contributed by atoms with Gasteiger partial charge < -0.3 is 5.11 Å². The third-order valence-electron chi connectivity index (χ3n) is 2.29. The van der Waals surface area contributed by atoms with Gasteiger partial charge in [-0.3, -0.25) is 0 Å². The van der Waals surface area contributed by atoms with Crippen LogP contribution in [-0.4, -0.2) is 30.8 Å². The zero-order valence-electron chi connectivity index (χ0n) is 9.53. The first-order chi connectivity index (χ1) is 8.08. The first-order valence-electron chi connectivity index (χ1n) is 5.19. The van der Waals surface area contributed by atoms with Crippen molar-refractivity contribution in [2.24, 2.45) is 0 Å². The molecule has 2 aromatic rings. The molecule has 0 aromatic carbocycles.